The minimum absolute atomic E-state index is 0.0348. The Bertz CT molecular complexity index is 1050. The third kappa shape index (κ3) is 3.83. The summed E-state index contributed by atoms with van der Waals surface area (Å²) in [5.74, 6) is -2.10. The minimum Gasteiger partial charge on any atom is -0.431 e. The second kappa shape index (κ2) is 7.57. The van der Waals surface area contributed by atoms with Gasteiger partial charge in [-0.2, -0.15) is 0 Å². The van der Waals surface area contributed by atoms with Crippen molar-refractivity contribution in [2.45, 2.75) is 12.5 Å². The van der Waals surface area contributed by atoms with Gasteiger partial charge in [0.1, 0.15) is 11.3 Å². The van der Waals surface area contributed by atoms with Crippen LogP contribution >= 0.6 is 11.6 Å². The van der Waals surface area contributed by atoms with E-state index in [2.05, 4.69) is 15.6 Å². The Morgan fingerprint density at radius 1 is 1.21 bits per heavy atom. The number of halogens is 2. The lowest BCUT2D eigenvalue weighted by Crippen LogP contribution is -2.39. The third-order valence-corrected chi connectivity index (χ3v) is 4.53. The molecule has 2 aromatic carbocycles. The number of nitrogens with zero attached hydrogens (tertiary/aromatic N) is 1. The Labute approximate surface area is 163 Å². The van der Waals surface area contributed by atoms with Crippen LogP contribution in [0.1, 0.15) is 27.5 Å². The van der Waals surface area contributed by atoms with E-state index in [0.29, 0.717) is 23.9 Å². The summed E-state index contributed by atoms with van der Waals surface area (Å²) in [6.07, 6.45) is 0.819. The summed E-state index contributed by atoms with van der Waals surface area (Å²) >= 11 is 5.81. The standard InChI is InChI=1S/C19H15ClFN3O4/c20-10-1-3-12(4-2-10)23-18(26)19-24-15-8-11(21)7-14(16(15)28-19)17(25)22-9-13-5-6-27-13/h1-4,7-8,13H,5-6,9H2,(H,22,25)(H,23,26). The first kappa shape index (κ1) is 18.4. The minimum atomic E-state index is -0.657. The first-order valence-corrected chi connectivity index (χ1v) is 8.94. The number of anilines is 1. The molecule has 1 aliphatic heterocycles. The number of oxazole rings is 1. The predicted octanol–water partition coefficient (Wildman–Crippen LogP) is 3.39. The molecule has 1 aliphatic rings. The van der Waals surface area contributed by atoms with Crippen molar-refractivity contribution in [2.24, 2.45) is 0 Å². The first-order valence-electron chi connectivity index (χ1n) is 8.56. The van der Waals surface area contributed by atoms with Crippen molar-refractivity contribution in [2.75, 3.05) is 18.5 Å². The molecule has 2 heterocycles. The van der Waals surface area contributed by atoms with Gasteiger partial charge in [-0.1, -0.05) is 11.6 Å². The number of ether oxygens (including phenoxy) is 1. The summed E-state index contributed by atoms with van der Waals surface area (Å²) in [5, 5.41) is 5.80. The van der Waals surface area contributed by atoms with Crippen LogP contribution in [0.3, 0.4) is 0 Å². The van der Waals surface area contributed by atoms with Crippen LogP contribution < -0.4 is 10.6 Å². The predicted molar refractivity (Wildman–Crippen MR) is 100 cm³/mol. The van der Waals surface area contributed by atoms with E-state index in [1.165, 1.54) is 0 Å². The number of fused-ring (bicyclic) bond motifs is 1. The third-order valence-electron chi connectivity index (χ3n) is 4.28. The van der Waals surface area contributed by atoms with Crippen LogP contribution in [-0.4, -0.2) is 36.1 Å². The molecule has 144 valence electrons. The Kier molecular flexibility index (Phi) is 4.97. The van der Waals surface area contributed by atoms with Crippen LogP contribution in [0.5, 0.6) is 0 Å². The number of rotatable bonds is 5. The molecular formula is C19H15ClFN3O4. The van der Waals surface area contributed by atoms with E-state index in [1.807, 2.05) is 0 Å². The lowest BCUT2D eigenvalue weighted by atomic mass is 10.1. The lowest BCUT2D eigenvalue weighted by Gasteiger charge is -2.26. The van der Waals surface area contributed by atoms with Crippen LogP contribution in [-0.2, 0) is 4.74 Å². The van der Waals surface area contributed by atoms with Crippen molar-refractivity contribution < 1.29 is 23.1 Å². The molecule has 0 spiro atoms. The first-order chi connectivity index (χ1) is 13.5. The number of hydrogen-bond donors (Lipinski definition) is 2. The van der Waals surface area contributed by atoms with Crippen molar-refractivity contribution in [3.05, 3.63) is 58.7 Å². The van der Waals surface area contributed by atoms with Crippen LogP contribution in [0.4, 0.5) is 10.1 Å². The van der Waals surface area contributed by atoms with E-state index < -0.39 is 17.6 Å². The Morgan fingerprint density at radius 3 is 2.64 bits per heavy atom. The number of aromatic nitrogens is 1. The molecule has 1 fully saturated rings. The van der Waals surface area contributed by atoms with Crippen molar-refractivity contribution in [1.29, 1.82) is 0 Å². The average Bonchev–Trinajstić information content (AvgIpc) is 3.05. The van der Waals surface area contributed by atoms with Gasteiger partial charge in [-0.15, -0.1) is 0 Å². The molecule has 1 aromatic heterocycles. The van der Waals surface area contributed by atoms with Crippen molar-refractivity contribution in [1.82, 2.24) is 10.3 Å². The molecule has 2 N–H and O–H groups in total. The summed E-state index contributed by atoms with van der Waals surface area (Å²) in [6.45, 7) is 0.980. The molecule has 0 saturated carbocycles. The van der Waals surface area contributed by atoms with Crippen molar-refractivity contribution >= 4 is 40.2 Å². The van der Waals surface area contributed by atoms with E-state index >= 15 is 0 Å². The maximum Gasteiger partial charge on any atom is 0.311 e. The Balaban J connectivity index is 1.57. The second-order valence-electron chi connectivity index (χ2n) is 6.27. The summed E-state index contributed by atoms with van der Waals surface area (Å²) in [7, 11) is 0. The molecule has 4 rings (SSSR count). The van der Waals surface area contributed by atoms with Gasteiger partial charge < -0.3 is 19.8 Å². The van der Waals surface area contributed by atoms with Gasteiger partial charge in [-0.25, -0.2) is 9.37 Å². The second-order valence-corrected chi connectivity index (χ2v) is 6.71. The fourth-order valence-corrected chi connectivity index (χ4v) is 2.86. The van der Waals surface area contributed by atoms with Crippen molar-refractivity contribution in [3.63, 3.8) is 0 Å². The number of nitrogens with one attached hydrogen (secondary N) is 2. The number of carbonyl (C=O) groups is 2. The van der Waals surface area contributed by atoms with Gasteiger partial charge in [0, 0.05) is 29.9 Å². The normalized spacial score (nSPS) is 15.9. The summed E-state index contributed by atoms with van der Waals surface area (Å²) < 4.78 is 24.6. The quantitative estimate of drug-likeness (QED) is 0.681. The van der Waals surface area contributed by atoms with E-state index in [4.69, 9.17) is 20.8 Å². The molecule has 7 nitrogen and oxygen atoms in total. The zero-order valence-electron chi connectivity index (χ0n) is 14.5. The fourth-order valence-electron chi connectivity index (χ4n) is 2.73. The van der Waals surface area contributed by atoms with Crippen LogP contribution in [0.25, 0.3) is 11.1 Å². The molecule has 2 amide bonds. The zero-order chi connectivity index (χ0) is 19.7. The van der Waals surface area contributed by atoms with Gasteiger partial charge in [0.2, 0.25) is 0 Å². The summed E-state index contributed by atoms with van der Waals surface area (Å²) in [6, 6.07) is 8.61. The molecule has 0 bridgehead atoms. The smallest absolute Gasteiger partial charge is 0.311 e. The summed E-state index contributed by atoms with van der Waals surface area (Å²) in [4.78, 5) is 28.8. The van der Waals surface area contributed by atoms with Gasteiger partial charge in [0.25, 0.3) is 11.8 Å². The zero-order valence-corrected chi connectivity index (χ0v) is 15.3. The monoisotopic (exact) mass is 403 g/mol. The molecule has 9 heteroatoms. The number of amides is 2. The van der Waals surface area contributed by atoms with Gasteiger partial charge in [0.05, 0.1) is 11.7 Å². The maximum absolute atomic E-state index is 13.9. The van der Waals surface area contributed by atoms with E-state index in [1.54, 1.807) is 24.3 Å². The molecule has 1 unspecified atom stereocenters. The molecule has 28 heavy (non-hydrogen) atoms. The highest BCUT2D eigenvalue weighted by Gasteiger charge is 2.23. The highest BCUT2D eigenvalue weighted by molar-refractivity contribution is 6.30. The highest BCUT2D eigenvalue weighted by atomic mass is 35.5. The van der Waals surface area contributed by atoms with Crippen LogP contribution in [0.2, 0.25) is 5.02 Å². The summed E-state index contributed by atoms with van der Waals surface area (Å²) in [5.41, 5.74) is 0.564. The van der Waals surface area contributed by atoms with Gasteiger partial charge >= 0.3 is 5.91 Å². The maximum atomic E-state index is 13.9. The SMILES string of the molecule is O=C(Nc1ccc(Cl)cc1)c1nc2cc(F)cc(C(=O)NCC3CCO3)c2o1. The molecule has 1 saturated heterocycles. The molecule has 0 aliphatic carbocycles. The van der Waals surface area contributed by atoms with Gasteiger partial charge in [-0.05, 0) is 36.8 Å². The molecule has 3 aromatic rings. The van der Waals surface area contributed by atoms with Crippen molar-refractivity contribution in [3.8, 4) is 0 Å². The highest BCUT2D eigenvalue weighted by Crippen LogP contribution is 2.23. The Morgan fingerprint density at radius 2 is 1.96 bits per heavy atom. The average molecular weight is 404 g/mol. The molecule has 0 radical (unpaired) electrons. The van der Waals surface area contributed by atoms with E-state index in [-0.39, 0.29) is 28.7 Å². The van der Waals surface area contributed by atoms with Crippen LogP contribution in [0, 0.1) is 5.82 Å². The van der Waals surface area contributed by atoms with Gasteiger partial charge in [-0.3, -0.25) is 9.59 Å². The molecule has 1 atom stereocenters. The van der Waals surface area contributed by atoms with Crippen LogP contribution in [0.15, 0.2) is 40.8 Å². The largest absolute Gasteiger partial charge is 0.431 e. The number of benzene rings is 2. The topological polar surface area (TPSA) is 93.5 Å². The number of hydrogen-bond acceptors (Lipinski definition) is 5. The molecular weight excluding hydrogens is 389 g/mol. The Hall–Kier alpha value is -2.97. The van der Waals surface area contributed by atoms with E-state index in [9.17, 15) is 14.0 Å². The van der Waals surface area contributed by atoms with Gasteiger partial charge in [0.15, 0.2) is 5.58 Å². The number of carbonyl (C=O) groups excluding carboxylic acids is 2. The fraction of sp³-hybridized carbons (Fsp3) is 0.211. The van der Waals surface area contributed by atoms with E-state index in [0.717, 1.165) is 18.6 Å². The lowest BCUT2D eigenvalue weighted by molar-refractivity contribution is -0.0472.